The van der Waals surface area contributed by atoms with Crippen molar-refractivity contribution in [1.29, 1.82) is 0 Å². The molecule has 1 heterocycles. The third kappa shape index (κ3) is 3.54. The van der Waals surface area contributed by atoms with Gasteiger partial charge >= 0.3 is 0 Å². The summed E-state index contributed by atoms with van der Waals surface area (Å²) >= 11 is 0. The Morgan fingerprint density at radius 1 is 1.14 bits per heavy atom. The number of nitrogens with one attached hydrogen (secondary N) is 1. The monoisotopic (exact) mass is 389 g/mol. The highest BCUT2D eigenvalue weighted by atomic mass is 16.6. The number of hydrogen-bond acceptors (Lipinski definition) is 4. The molecular weight excluding hydrogens is 370 g/mol. The van der Waals surface area contributed by atoms with Crippen LogP contribution >= 0.6 is 0 Å². The first-order valence-electron chi connectivity index (χ1n) is 9.28. The molecule has 1 atom stereocenters. The third-order valence-electron chi connectivity index (χ3n) is 5.23. The molecule has 0 aromatic heterocycles. The molecule has 0 saturated carbocycles. The number of aryl methyl sites for hydroxylation is 1. The minimum Gasteiger partial charge on any atom is -0.326 e. The highest BCUT2D eigenvalue weighted by molar-refractivity contribution is 6.08. The van der Waals surface area contributed by atoms with E-state index in [-0.39, 0.29) is 30.5 Å². The molecule has 7 heteroatoms. The molecule has 29 heavy (non-hydrogen) atoms. The maximum Gasteiger partial charge on any atom is 0.274 e. The number of nitro benzene ring substituents is 1. The van der Waals surface area contributed by atoms with Crippen molar-refractivity contribution >= 4 is 39.6 Å². The Morgan fingerprint density at radius 2 is 1.90 bits per heavy atom. The van der Waals surface area contributed by atoms with Crippen molar-refractivity contribution in [2.45, 2.75) is 13.3 Å². The maximum atomic E-state index is 12.7. The molecule has 0 spiro atoms. The van der Waals surface area contributed by atoms with Crippen LogP contribution < -0.4 is 10.2 Å². The van der Waals surface area contributed by atoms with Gasteiger partial charge in [0.1, 0.15) is 0 Å². The normalized spacial score (nSPS) is 16.2. The molecule has 1 saturated heterocycles. The predicted octanol–water partition coefficient (Wildman–Crippen LogP) is 4.05. The number of rotatable bonds is 4. The molecule has 1 fully saturated rings. The van der Waals surface area contributed by atoms with Gasteiger partial charge in [-0.15, -0.1) is 0 Å². The van der Waals surface area contributed by atoms with Gasteiger partial charge in [-0.1, -0.05) is 42.5 Å². The molecule has 1 N–H and O–H groups in total. The van der Waals surface area contributed by atoms with Crippen molar-refractivity contribution in [2.24, 2.45) is 5.92 Å². The molecule has 4 rings (SSSR count). The smallest absolute Gasteiger partial charge is 0.274 e. The summed E-state index contributed by atoms with van der Waals surface area (Å²) in [6.45, 7) is 1.91. The van der Waals surface area contributed by atoms with Gasteiger partial charge in [0, 0.05) is 35.7 Å². The first-order chi connectivity index (χ1) is 13.9. The van der Waals surface area contributed by atoms with E-state index in [2.05, 4.69) is 5.32 Å². The summed E-state index contributed by atoms with van der Waals surface area (Å²) < 4.78 is 0. The van der Waals surface area contributed by atoms with Crippen LogP contribution in [0.25, 0.3) is 10.8 Å². The van der Waals surface area contributed by atoms with E-state index in [0.29, 0.717) is 11.3 Å². The SMILES string of the molecule is Cc1ccc(NC(=O)[C@H]2CC(=O)N(c3cccc4ccccc34)C2)cc1[N+](=O)[O-]. The van der Waals surface area contributed by atoms with Crippen molar-refractivity contribution in [3.05, 3.63) is 76.3 Å². The van der Waals surface area contributed by atoms with Gasteiger partial charge in [-0.2, -0.15) is 0 Å². The highest BCUT2D eigenvalue weighted by Gasteiger charge is 2.35. The second kappa shape index (κ2) is 7.35. The van der Waals surface area contributed by atoms with E-state index in [1.807, 2.05) is 42.5 Å². The van der Waals surface area contributed by atoms with E-state index in [9.17, 15) is 19.7 Å². The number of nitrogens with zero attached hydrogens (tertiary/aromatic N) is 2. The standard InChI is InChI=1S/C22H19N3O4/c1-14-9-10-17(12-20(14)25(28)29)23-22(27)16-11-21(26)24(13-16)19-8-4-6-15-5-2-3-7-18(15)19/h2-10,12,16H,11,13H2,1H3,(H,23,27)/t16-/m0/s1. The number of nitro groups is 1. The van der Waals surface area contributed by atoms with Crippen molar-refractivity contribution < 1.29 is 14.5 Å². The summed E-state index contributed by atoms with van der Waals surface area (Å²) in [7, 11) is 0. The molecule has 0 aliphatic carbocycles. The van der Waals surface area contributed by atoms with Crippen molar-refractivity contribution in [1.82, 2.24) is 0 Å². The summed E-state index contributed by atoms with van der Waals surface area (Å²) in [5, 5.41) is 15.8. The zero-order valence-corrected chi connectivity index (χ0v) is 15.8. The fourth-order valence-electron chi connectivity index (χ4n) is 3.69. The van der Waals surface area contributed by atoms with Crippen molar-refractivity contribution in [3.8, 4) is 0 Å². The number of fused-ring (bicyclic) bond motifs is 1. The Hall–Kier alpha value is -3.74. The number of hydrogen-bond donors (Lipinski definition) is 1. The maximum absolute atomic E-state index is 12.7. The van der Waals surface area contributed by atoms with Crippen LogP contribution in [0.4, 0.5) is 17.1 Å². The summed E-state index contributed by atoms with van der Waals surface area (Å²) in [6, 6.07) is 18.1. The first kappa shape index (κ1) is 18.6. The Morgan fingerprint density at radius 3 is 2.69 bits per heavy atom. The van der Waals surface area contributed by atoms with Gasteiger partial charge in [0.25, 0.3) is 5.69 Å². The number of amides is 2. The minimum atomic E-state index is -0.526. The van der Waals surface area contributed by atoms with E-state index < -0.39 is 10.8 Å². The number of carbonyl (C=O) groups is 2. The largest absolute Gasteiger partial charge is 0.326 e. The Balaban J connectivity index is 1.54. The van der Waals surface area contributed by atoms with Gasteiger partial charge in [-0.05, 0) is 24.4 Å². The third-order valence-corrected chi connectivity index (χ3v) is 5.23. The molecule has 0 unspecified atom stereocenters. The molecule has 3 aromatic carbocycles. The van der Waals surface area contributed by atoms with E-state index in [1.54, 1.807) is 24.0 Å². The van der Waals surface area contributed by atoms with Crippen molar-refractivity contribution in [2.75, 3.05) is 16.8 Å². The lowest BCUT2D eigenvalue weighted by Gasteiger charge is -2.19. The van der Waals surface area contributed by atoms with Crippen LogP contribution in [0.2, 0.25) is 0 Å². The fourth-order valence-corrected chi connectivity index (χ4v) is 3.69. The highest BCUT2D eigenvalue weighted by Crippen LogP contribution is 2.32. The quantitative estimate of drug-likeness (QED) is 0.538. The van der Waals surface area contributed by atoms with Crippen LogP contribution in [0.15, 0.2) is 60.7 Å². The van der Waals surface area contributed by atoms with E-state index in [1.165, 1.54) is 6.07 Å². The van der Waals surface area contributed by atoms with Crippen LogP contribution in [0, 0.1) is 23.0 Å². The zero-order valence-electron chi connectivity index (χ0n) is 15.8. The molecule has 1 aliphatic heterocycles. The molecule has 0 bridgehead atoms. The number of anilines is 2. The summed E-state index contributed by atoms with van der Waals surface area (Å²) in [5.41, 5.74) is 1.60. The average Bonchev–Trinajstić information content (AvgIpc) is 3.10. The van der Waals surface area contributed by atoms with Gasteiger partial charge in [-0.3, -0.25) is 19.7 Å². The van der Waals surface area contributed by atoms with Gasteiger partial charge in [0.05, 0.1) is 16.5 Å². The van der Waals surface area contributed by atoms with Crippen molar-refractivity contribution in [3.63, 3.8) is 0 Å². The molecule has 1 aliphatic rings. The van der Waals surface area contributed by atoms with Crippen LogP contribution in [0.5, 0.6) is 0 Å². The predicted molar refractivity (Wildman–Crippen MR) is 111 cm³/mol. The molecule has 0 radical (unpaired) electrons. The fraction of sp³-hybridized carbons (Fsp3) is 0.182. The summed E-state index contributed by atoms with van der Waals surface area (Å²) in [5.74, 6) is -0.961. The van der Waals surface area contributed by atoms with E-state index >= 15 is 0 Å². The Kier molecular flexibility index (Phi) is 4.72. The second-order valence-corrected chi connectivity index (χ2v) is 7.15. The zero-order chi connectivity index (χ0) is 20.5. The molecule has 146 valence electrons. The van der Waals surface area contributed by atoms with Gasteiger partial charge in [-0.25, -0.2) is 0 Å². The molecule has 3 aromatic rings. The van der Waals surface area contributed by atoms with Gasteiger partial charge in [0.2, 0.25) is 11.8 Å². The molecular formula is C22H19N3O4. The van der Waals surface area contributed by atoms with Crippen LogP contribution in [-0.2, 0) is 9.59 Å². The topological polar surface area (TPSA) is 92.6 Å². The number of benzene rings is 3. The lowest BCUT2D eigenvalue weighted by atomic mass is 10.1. The summed E-state index contributed by atoms with van der Waals surface area (Å²) in [4.78, 5) is 37.6. The van der Waals surface area contributed by atoms with Crippen LogP contribution in [-0.4, -0.2) is 23.3 Å². The van der Waals surface area contributed by atoms with Crippen LogP contribution in [0.1, 0.15) is 12.0 Å². The van der Waals surface area contributed by atoms with Gasteiger partial charge < -0.3 is 10.2 Å². The molecule has 7 nitrogen and oxygen atoms in total. The summed E-state index contributed by atoms with van der Waals surface area (Å²) in [6.07, 6.45) is 0.100. The molecule has 2 amide bonds. The Bertz CT molecular complexity index is 1140. The average molecular weight is 389 g/mol. The van der Waals surface area contributed by atoms with E-state index in [0.717, 1.165) is 16.5 Å². The number of carbonyl (C=O) groups excluding carboxylic acids is 2. The Labute approximate surface area is 167 Å². The van der Waals surface area contributed by atoms with E-state index in [4.69, 9.17) is 0 Å². The lowest BCUT2D eigenvalue weighted by molar-refractivity contribution is -0.385. The van der Waals surface area contributed by atoms with Crippen LogP contribution in [0.3, 0.4) is 0 Å². The van der Waals surface area contributed by atoms with Gasteiger partial charge in [0.15, 0.2) is 0 Å². The minimum absolute atomic E-state index is 0.0531. The lowest BCUT2D eigenvalue weighted by Crippen LogP contribution is -2.28. The first-order valence-corrected chi connectivity index (χ1v) is 9.28. The second-order valence-electron chi connectivity index (χ2n) is 7.15.